The van der Waals surface area contributed by atoms with E-state index in [0.29, 0.717) is 19.4 Å². The number of imide groups is 1. The Kier molecular flexibility index (Phi) is 7.67. The Labute approximate surface area is 98.6 Å². The first-order valence-corrected chi connectivity index (χ1v) is 4.75. The summed E-state index contributed by atoms with van der Waals surface area (Å²) in [5.41, 5.74) is 0. The second-order valence-corrected chi connectivity index (χ2v) is 3.16. The summed E-state index contributed by atoms with van der Waals surface area (Å²) in [6.45, 7) is 0.369. The molecule has 8 nitrogen and oxygen atoms in total. The summed E-state index contributed by atoms with van der Waals surface area (Å²) in [6.07, 6.45) is -0.0743. The maximum Gasteiger partial charge on any atom is 2.00 e. The van der Waals surface area contributed by atoms with Crippen LogP contribution in [-0.2, 0) is 34.7 Å². The Bertz CT molecular complexity index is 318. The third-order valence-corrected chi connectivity index (χ3v) is 1.30. The molecule has 1 N–H and O–H groups in total. The molecule has 0 unspecified atom stereocenters. The van der Waals surface area contributed by atoms with Gasteiger partial charge in [0.1, 0.15) is 0 Å². The number of nitrogens with zero attached hydrogens (tertiary/aromatic N) is 1. The van der Waals surface area contributed by atoms with Crippen LogP contribution in [0.4, 0.5) is 4.79 Å². The molecular formula is C5H7NO7SZn. The zero-order chi connectivity index (χ0) is 11.4. The predicted molar refractivity (Wildman–Crippen MR) is 39.4 cm³/mol. The van der Waals surface area contributed by atoms with Crippen LogP contribution in [0.15, 0.2) is 0 Å². The third-order valence-electron chi connectivity index (χ3n) is 1.30. The van der Waals surface area contributed by atoms with Gasteiger partial charge in [-0.2, -0.15) is 0 Å². The average Bonchev–Trinajstić information content (AvgIpc) is 2.30. The summed E-state index contributed by atoms with van der Waals surface area (Å²) in [5.74, 6) is -0.275. The van der Waals surface area contributed by atoms with E-state index in [9.17, 15) is 9.59 Å². The molecule has 0 spiro atoms. The Morgan fingerprint density at radius 3 is 1.93 bits per heavy atom. The Morgan fingerprint density at radius 1 is 1.40 bits per heavy atom. The molecule has 2 amide bonds. The van der Waals surface area contributed by atoms with Gasteiger partial charge < -0.3 is 14.2 Å². The van der Waals surface area contributed by atoms with Crippen LogP contribution in [0.1, 0.15) is 12.8 Å². The molecule has 0 aromatic carbocycles. The summed E-state index contributed by atoms with van der Waals surface area (Å²) < 4.78 is 34.1. The molecule has 1 aliphatic heterocycles. The third kappa shape index (κ3) is 9.73. The van der Waals surface area contributed by atoms with Crippen molar-refractivity contribution in [2.24, 2.45) is 0 Å². The Morgan fingerprint density at radius 2 is 1.80 bits per heavy atom. The van der Waals surface area contributed by atoms with Gasteiger partial charge >= 0.3 is 25.6 Å². The van der Waals surface area contributed by atoms with E-state index in [-0.39, 0.29) is 25.4 Å². The van der Waals surface area contributed by atoms with Crippen LogP contribution in [0.3, 0.4) is 0 Å². The van der Waals surface area contributed by atoms with Crippen LogP contribution < -0.4 is 0 Å². The number of likely N-dealkylation sites (tertiary alicyclic amines) is 1. The maximum absolute atomic E-state index is 10.6. The largest absolute Gasteiger partial charge is 2.00 e. The molecular weight excluding hydrogens is 284 g/mol. The van der Waals surface area contributed by atoms with E-state index in [2.05, 4.69) is 0 Å². The minimum Gasteiger partial charge on any atom is -0.759 e. The molecule has 15 heavy (non-hydrogen) atoms. The molecule has 1 rings (SSSR count). The van der Waals surface area contributed by atoms with Crippen molar-refractivity contribution in [3.8, 4) is 0 Å². The van der Waals surface area contributed by atoms with Crippen molar-refractivity contribution < 1.29 is 51.7 Å². The van der Waals surface area contributed by atoms with Crippen molar-refractivity contribution in [1.82, 2.24) is 4.90 Å². The molecule has 82 valence electrons. The van der Waals surface area contributed by atoms with E-state index in [1.165, 1.54) is 0 Å². The van der Waals surface area contributed by atoms with Crippen molar-refractivity contribution >= 4 is 22.4 Å². The van der Waals surface area contributed by atoms with Crippen LogP contribution in [0.25, 0.3) is 0 Å². The molecule has 1 saturated heterocycles. The minimum atomic E-state index is -5.17. The van der Waals surface area contributed by atoms with Crippen molar-refractivity contribution in [3.05, 3.63) is 0 Å². The van der Waals surface area contributed by atoms with E-state index in [1.54, 1.807) is 0 Å². The van der Waals surface area contributed by atoms with Gasteiger partial charge in [-0.15, -0.1) is 0 Å². The summed E-state index contributed by atoms with van der Waals surface area (Å²) in [5, 5.41) is 8.29. The van der Waals surface area contributed by atoms with Gasteiger partial charge in [-0.3, -0.25) is 13.2 Å². The van der Waals surface area contributed by atoms with E-state index in [0.717, 1.165) is 4.90 Å². The fraction of sp³-hybridized carbons (Fsp3) is 0.600. The number of carbonyl (C=O) groups is 2. The van der Waals surface area contributed by atoms with E-state index in [4.69, 9.17) is 22.6 Å². The van der Waals surface area contributed by atoms with Crippen LogP contribution >= 0.6 is 0 Å². The van der Waals surface area contributed by atoms with Crippen molar-refractivity contribution in [2.75, 3.05) is 6.54 Å². The number of rotatable bonds is 0. The topological polar surface area (TPSA) is 138 Å². The van der Waals surface area contributed by atoms with Gasteiger partial charge in [-0.25, -0.2) is 9.69 Å². The van der Waals surface area contributed by atoms with E-state index in [1.807, 2.05) is 0 Å². The first-order valence-electron chi connectivity index (χ1n) is 3.42. The van der Waals surface area contributed by atoms with Gasteiger partial charge in [0.15, 0.2) is 0 Å². The summed E-state index contributed by atoms with van der Waals surface area (Å²) in [6, 6.07) is 0. The molecule has 0 aromatic heterocycles. The van der Waals surface area contributed by atoms with Crippen LogP contribution in [0.5, 0.6) is 0 Å². The zero-order valence-electron chi connectivity index (χ0n) is 7.58. The second kappa shape index (κ2) is 6.83. The quantitative estimate of drug-likeness (QED) is 0.341. The van der Waals surface area contributed by atoms with Gasteiger partial charge in [-0.1, -0.05) is 0 Å². The first-order chi connectivity index (χ1) is 6.22. The minimum absolute atomic E-state index is 0. The number of carboxylic acid groups (broad SMARTS) is 1. The van der Waals surface area contributed by atoms with E-state index >= 15 is 0 Å². The standard InChI is InChI=1S/C5H7NO3.H2O4S.Zn/c7-4-2-1-3-6(4)5(8)9;1-5(2,3)4;/h1-3H2,(H,8,9);(H2,1,2,3,4);/q;;+2/p-2. The number of carbonyl (C=O) groups excluding carboxylic acids is 1. The van der Waals surface area contributed by atoms with Crippen LogP contribution in [0.2, 0.25) is 0 Å². The maximum atomic E-state index is 10.6. The van der Waals surface area contributed by atoms with Gasteiger partial charge in [0.2, 0.25) is 5.91 Å². The normalized spacial score (nSPS) is 15.1. The SMILES string of the molecule is O=C(O)N1CCCC1=O.O=S(=O)([O-])[O-].[Zn+2]. The molecule has 0 atom stereocenters. The van der Waals surface area contributed by atoms with Crippen molar-refractivity contribution in [3.63, 3.8) is 0 Å². The second-order valence-electron chi connectivity index (χ2n) is 2.34. The van der Waals surface area contributed by atoms with Gasteiger partial charge in [0.25, 0.3) is 0 Å². The molecule has 0 radical (unpaired) electrons. The smallest absolute Gasteiger partial charge is 0.759 e. The molecule has 1 fully saturated rings. The van der Waals surface area contributed by atoms with Crippen molar-refractivity contribution in [1.29, 1.82) is 0 Å². The van der Waals surface area contributed by atoms with Crippen LogP contribution in [0, 0.1) is 0 Å². The molecule has 10 heteroatoms. The predicted octanol–water partition coefficient (Wildman–Crippen LogP) is -1.05. The molecule has 1 heterocycles. The summed E-state index contributed by atoms with van der Waals surface area (Å²) >= 11 is 0. The van der Waals surface area contributed by atoms with Crippen molar-refractivity contribution in [2.45, 2.75) is 12.8 Å². The monoisotopic (exact) mass is 289 g/mol. The molecule has 0 aromatic rings. The Hall–Kier alpha value is -0.567. The average molecular weight is 291 g/mol. The van der Waals surface area contributed by atoms with Gasteiger partial charge in [0, 0.05) is 23.4 Å². The van der Waals surface area contributed by atoms with Crippen LogP contribution in [-0.4, -0.2) is 46.1 Å². The summed E-state index contributed by atoms with van der Waals surface area (Å²) in [4.78, 5) is 21.5. The molecule has 1 aliphatic rings. The molecule has 0 bridgehead atoms. The molecule has 0 saturated carbocycles. The molecule has 0 aliphatic carbocycles. The first kappa shape index (κ1) is 16.8. The Balaban J connectivity index is 0. The van der Waals surface area contributed by atoms with Gasteiger partial charge in [-0.05, 0) is 6.42 Å². The zero-order valence-corrected chi connectivity index (χ0v) is 11.4. The number of amides is 2. The fourth-order valence-electron chi connectivity index (χ4n) is 0.850. The number of hydrogen-bond donors (Lipinski definition) is 1. The fourth-order valence-corrected chi connectivity index (χ4v) is 0.850. The number of hydrogen-bond acceptors (Lipinski definition) is 6. The van der Waals surface area contributed by atoms with Gasteiger partial charge in [0.05, 0.1) is 0 Å². The van der Waals surface area contributed by atoms with E-state index < -0.39 is 16.5 Å². The summed E-state index contributed by atoms with van der Waals surface area (Å²) in [7, 11) is -5.17.